The number of likely N-dealkylation sites (N-methyl/N-ethyl adjacent to an activating group) is 1. The number of hydrogen-bond acceptors (Lipinski definition) is 4. The second-order valence-electron chi connectivity index (χ2n) is 4.69. The number of nitrogens with one attached hydrogen (secondary N) is 1. The smallest absolute Gasteiger partial charge is 0.253 e. The van der Waals surface area contributed by atoms with E-state index >= 15 is 0 Å². The van der Waals surface area contributed by atoms with Gasteiger partial charge >= 0.3 is 0 Å². The Bertz CT molecular complexity index is 623. The lowest BCUT2D eigenvalue weighted by molar-refractivity contribution is -0.119. The Morgan fingerprint density at radius 1 is 1.14 bits per heavy atom. The Hall–Kier alpha value is -2.09. The maximum Gasteiger partial charge on any atom is 0.253 e. The highest BCUT2D eigenvalue weighted by molar-refractivity contribution is 7.92. The number of carbonyl (C=O) groups excluding carboxylic acids is 2. The molecule has 0 saturated heterocycles. The molecule has 1 aromatic rings. The van der Waals surface area contributed by atoms with E-state index in [0.29, 0.717) is 11.3 Å². The van der Waals surface area contributed by atoms with Crippen molar-refractivity contribution in [1.29, 1.82) is 0 Å². The van der Waals surface area contributed by atoms with Crippen LogP contribution < -0.4 is 9.62 Å². The van der Waals surface area contributed by atoms with Gasteiger partial charge in [0.1, 0.15) is 6.54 Å². The second-order valence-corrected chi connectivity index (χ2v) is 6.60. The maximum absolute atomic E-state index is 11.8. The first kappa shape index (κ1) is 17.0. The summed E-state index contributed by atoms with van der Waals surface area (Å²) < 4.78 is 24.5. The molecule has 0 aliphatic carbocycles. The van der Waals surface area contributed by atoms with Gasteiger partial charge in [0.15, 0.2) is 0 Å². The van der Waals surface area contributed by atoms with Crippen LogP contribution in [0.15, 0.2) is 24.3 Å². The summed E-state index contributed by atoms with van der Waals surface area (Å²) in [6.45, 7) is -0.309. The number of hydrogen-bond donors (Lipinski definition) is 1. The molecule has 0 radical (unpaired) electrons. The lowest BCUT2D eigenvalue weighted by Gasteiger charge is -2.21. The third-order valence-electron chi connectivity index (χ3n) is 2.77. The molecule has 0 bridgehead atoms. The first-order valence-corrected chi connectivity index (χ1v) is 8.01. The van der Waals surface area contributed by atoms with Gasteiger partial charge in [-0.2, -0.15) is 0 Å². The van der Waals surface area contributed by atoms with E-state index < -0.39 is 15.9 Å². The third kappa shape index (κ3) is 4.45. The van der Waals surface area contributed by atoms with Crippen LogP contribution in [0, 0.1) is 0 Å². The molecule has 0 spiro atoms. The molecule has 0 aliphatic rings. The van der Waals surface area contributed by atoms with E-state index in [-0.39, 0.29) is 12.5 Å². The van der Waals surface area contributed by atoms with Crippen molar-refractivity contribution >= 4 is 27.5 Å². The largest absolute Gasteiger partial charge is 0.358 e. The molecule has 1 rings (SSSR count). The number of sulfonamides is 1. The van der Waals surface area contributed by atoms with Gasteiger partial charge in [0.2, 0.25) is 15.9 Å². The molecule has 2 amide bonds. The Balaban J connectivity index is 3.10. The highest BCUT2D eigenvalue weighted by Gasteiger charge is 2.20. The highest BCUT2D eigenvalue weighted by atomic mass is 32.2. The van der Waals surface area contributed by atoms with Gasteiger partial charge in [0.25, 0.3) is 5.91 Å². The number of rotatable bonds is 5. The molecule has 0 heterocycles. The summed E-state index contributed by atoms with van der Waals surface area (Å²) in [4.78, 5) is 24.6. The summed E-state index contributed by atoms with van der Waals surface area (Å²) in [5.74, 6) is -0.604. The molecule has 7 nitrogen and oxygen atoms in total. The summed E-state index contributed by atoms with van der Waals surface area (Å²) in [5.41, 5.74) is 0.772. The molecule has 0 atom stereocenters. The topological polar surface area (TPSA) is 86.8 Å². The van der Waals surface area contributed by atoms with Gasteiger partial charge in [-0.1, -0.05) is 0 Å². The lowest BCUT2D eigenvalue weighted by atomic mass is 10.2. The van der Waals surface area contributed by atoms with Crippen LogP contribution in [0.3, 0.4) is 0 Å². The van der Waals surface area contributed by atoms with Crippen molar-refractivity contribution in [3.05, 3.63) is 29.8 Å². The third-order valence-corrected chi connectivity index (χ3v) is 3.92. The van der Waals surface area contributed by atoms with Gasteiger partial charge in [0.05, 0.1) is 11.9 Å². The van der Waals surface area contributed by atoms with Crippen molar-refractivity contribution in [2.75, 3.05) is 38.2 Å². The Morgan fingerprint density at radius 3 is 2.05 bits per heavy atom. The van der Waals surface area contributed by atoms with E-state index in [9.17, 15) is 18.0 Å². The van der Waals surface area contributed by atoms with Crippen molar-refractivity contribution in [3.63, 3.8) is 0 Å². The van der Waals surface area contributed by atoms with Crippen LogP contribution in [0.5, 0.6) is 0 Å². The highest BCUT2D eigenvalue weighted by Crippen LogP contribution is 2.18. The van der Waals surface area contributed by atoms with Crippen molar-refractivity contribution in [2.45, 2.75) is 0 Å². The molecule has 116 valence electrons. The predicted molar refractivity (Wildman–Crippen MR) is 80.7 cm³/mol. The minimum Gasteiger partial charge on any atom is -0.358 e. The SMILES string of the molecule is CNC(=O)CN(c1ccc(C(=O)N(C)C)cc1)S(C)(=O)=O. The molecule has 0 saturated carbocycles. The summed E-state index contributed by atoms with van der Waals surface area (Å²) in [5, 5.41) is 2.38. The maximum atomic E-state index is 11.8. The zero-order valence-corrected chi connectivity index (χ0v) is 13.3. The van der Waals surface area contributed by atoms with Gasteiger partial charge in [-0.25, -0.2) is 8.42 Å². The van der Waals surface area contributed by atoms with Crippen LogP contribution in [-0.4, -0.2) is 59.1 Å². The molecular formula is C13H19N3O4S. The Labute approximate surface area is 124 Å². The van der Waals surface area contributed by atoms with Crippen molar-refractivity contribution in [1.82, 2.24) is 10.2 Å². The van der Waals surface area contributed by atoms with E-state index in [1.807, 2.05) is 0 Å². The second kappa shape index (κ2) is 6.57. The Kier molecular flexibility index (Phi) is 5.31. The summed E-state index contributed by atoms with van der Waals surface area (Å²) >= 11 is 0. The van der Waals surface area contributed by atoms with Crippen LogP contribution in [0.25, 0.3) is 0 Å². The van der Waals surface area contributed by atoms with Crippen LogP contribution in [0.4, 0.5) is 5.69 Å². The van der Waals surface area contributed by atoms with E-state index in [4.69, 9.17) is 0 Å². The predicted octanol–water partition coefficient (Wildman–Crippen LogP) is -0.0996. The number of nitrogens with zero attached hydrogens (tertiary/aromatic N) is 2. The number of carbonyl (C=O) groups is 2. The van der Waals surface area contributed by atoms with Crippen LogP contribution in [0.2, 0.25) is 0 Å². The molecule has 0 aromatic heterocycles. The molecule has 0 unspecified atom stereocenters. The summed E-state index contributed by atoms with van der Waals surface area (Å²) in [7, 11) is 1.10. The van der Waals surface area contributed by atoms with Crippen molar-refractivity contribution in [3.8, 4) is 0 Å². The quantitative estimate of drug-likeness (QED) is 0.822. The number of benzene rings is 1. The fourth-order valence-corrected chi connectivity index (χ4v) is 2.49. The van der Waals surface area contributed by atoms with Crippen LogP contribution >= 0.6 is 0 Å². The molecule has 1 N–H and O–H groups in total. The van der Waals surface area contributed by atoms with Gasteiger partial charge in [-0.05, 0) is 24.3 Å². The van der Waals surface area contributed by atoms with Crippen molar-refractivity contribution < 1.29 is 18.0 Å². The van der Waals surface area contributed by atoms with Crippen LogP contribution in [-0.2, 0) is 14.8 Å². The molecule has 0 fully saturated rings. The van der Waals surface area contributed by atoms with Gasteiger partial charge in [0, 0.05) is 26.7 Å². The lowest BCUT2D eigenvalue weighted by Crippen LogP contribution is -2.39. The van der Waals surface area contributed by atoms with E-state index in [1.54, 1.807) is 14.1 Å². The number of amides is 2. The molecule has 21 heavy (non-hydrogen) atoms. The average molecular weight is 313 g/mol. The fourth-order valence-electron chi connectivity index (χ4n) is 1.64. The van der Waals surface area contributed by atoms with Crippen LogP contribution in [0.1, 0.15) is 10.4 Å². The summed E-state index contributed by atoms with van der Waals surface area (Å²) in [6.07, 6.45) is 1.02. The summed E-state index contributed by atoms with van der Waals surface area (Å²) in [6, 6.07) is 6.06. The van der Waals surface area contributed by atoms with E-state index in [1.165, 1.54) is 36.2 Å². The zero-order chi connectivity index (χ0) is 16.2. The monoisotopic (exact) mass is 313 g/mol. The molecule has 8 heteroatoms. The van der Waals surface area contributed by atoms with Gasteiger partial charge in [-0.3, -0.25) is 13.9 Å². The minimum absolute atomic E-state index is 0.182. The first-order valence-electron chi connectivity index (χ1n) is 6.17. The number of anilines is 1. The van der Waals surface area contributed by atoms with Gasteiger partial charge in [-0.15, -0.1) is 0 Å². The standard InChI is InChI=1S/C13H19N3O4S/c1-14-12(17)9-16(21(4,19)20)11-7-5-10(6-8-11)13(18)15(2)3/h5-8H,9H2,1-4H3,(H,14,17). The zero-order valence-electron chi connectivity index (χ0n) is 12.5. The van der Waals surface area contributed by atoms with E-state index in [0.717, 1.165) is 10.6 Å². The molecule has 0 aliphatic heterocycles. The minimum atomic E-state index is -3.60. The first-order chi connectivity index (χ1) is 9.66. The molecule has 1 aromatic carbocycles. The van der Waals surface area contributed by atoms with E-state index in [2.05, 4.69) is 5.32 Å². The fraction of sp³-hybridized carbons (Fsp3) is 0.385. The van der Waals surface area contributed by atoms with Crippen molar-refractivity contribution in [2.24, 2.45) is 0 Å². The molecular weight excluding hydrogens is 294 g/mol. The Morgan fingerprint density at radius 2 is 1.67 bits per heavy atom. The normalized spacial score (nSPS) is 10.9. The average Bonchev–Trinajstić information content (AvgIpc) is 2.42. The van der Waals surface area contributed by atoms with Gasteiger partial charge < -0.3 is 10.2 Å².